The van der Waals surface area contributed by atoms with Gasteiger partial charge in [0, 0.05) is 23.3 Å². The van der Waals surface area contributed by atoms with Crippen LogP contribution in [0.5, 0.6) is 0 Å². The molecule has 0 aliphatic carbocycles. The number of nitrogens with zero attached hydrogens (tertiary/aromatic N) is 2. The summed E-state index contributed by atoms with van der Waals surface area (Å²) in [6.07, 6.45) is 6.74. The van der Waals surface area contributed by atoms with Gasteiger partial charge in [0.15, 0.2) is 0 Å². The van der Waals surface area contributed by atoms with Crippen molar-refractivity contribution in [3.05, 3.63) is 109 Å². The summed E-state index contributed by atoms with van der Waals surface area (Å²) >= 11 is 0. The molecule has 0 bridgehead atoms. The maximum Gasteiger partial charge on any atom is 4.00 e. The fourth-order valence-electron chi connectivity index (χ4n) is 2.26. The van der Waals surface area contributed by atoms with Crippen molar-refractivity contribution in [1.29, 1.82) is 0 Å². The van der Waals surface area contributed by atoms with Crippen LogP contribution in [0.1, 0.15) is 0 Å². The summed E-state index contributed by atoms with van der Waals surface area (Å²) in [5.41, 5.74) is 0.595. The molecule has 2 heterocycles. The van der Waals surface area contributed by atoms with Gasteiger partial charge in [0.05, 0.1) is 0 Å². The van der Waals surface area contributed by atoms with Crippen molar-refractivity contribution in [2.45, 2.75) is 0 Å². The molecule has 0 radical (unpaired) electrons. The van der Waals surface area contributed by atoms with E-state index in [1.807, 2.05) is 12.1 Å². The fraction of sp³-hybridized carbons (Fsp3) is 0. The molecule has 0 atom stereocenters. The second-order valence-electron chi connectivity index (χ2n) is 5.19. The second-order valence-corrected chi connectivity index (χ2v) is 5.19. The van der Waals surface area contributed by atoms with Gasteiger partial charge < -0.3 is 33.9 Å². The number of hydrogen-bond acceptors (Lipinski definition) is 0. The number of benzene rings is 2. The van der Waals surface area contributed by atoms with Crippen molar-refractivity contribution < 1.29 is 64.1 Å². The maximum absolute atomic E-state index is 13.1. The van der Waals surface area contributed by atoms with Gasteiger partial charge in [0.1, 0.15) is 0 Å². The van der Waals surface area contributed by atoms with Crippen molar-refractivity contribution in [2.75, 3.05) is 0 Å². The Bertz CT molecular complexity index is 912. The van der Waals surface area contributed by atoms with E-state index in [0.29, 0.717) is 11.4 Å². The monoisotopic (exact) mass is 474 g/mol. The minimum Gasteiger partial charge on any atom is -1.00 e. The summed E-state index contributed by atoms with van der Waals surface area (Å²) in [6.45, 7) is 0. The molecule has 0 saturated carbocycles. The van der Waals surface area contributed by atoms with Crippen LogP contribution in [-0.2, 0) is 21.7 Å². The van der Waals surface area contributed by atoms with Gasteiger partial charge in [0.25, 0.3) is 0 Å². The van der Waals surface area contributed by atoms with Gasteiger partial charge in [-0.2, -0.15) is 0 Å². The summed E-state index contributed by atoms with van der Waals surface area (Å²) < 4.78 is 54.3. The van der Waals surface area contributed by atoms with Gasteiger partial charge in [0.2, 0.25) is 0 Å². The zero-order valence-corrected chi connectivity index (χ0v) is 17.7. The fourth-order valence-corrected chi connectivity index (χ4v) is 2.26. The Morgan fingerprint density at radius 2 is 0.862 bits per heavy atom. The summed E-state index contributed by atoms with van der Waals surface area (Å²) in [6, 6.07) is 16.1. The van der Waals surface area contributed by atoms with E-state index in [1.54, 1.807) is 58.2 Å². The van der Waals surface area contributed by atoms with Crippen LogP contribution in [0.25, 0.3) is 11.4 Å². The number of halogens is 6. The van der Waals surface area contributed by atoms with Crippen molar-refractivity contribution >= 4 is 0 Å². The van der Waals surface area contributed by atoms with Crippen LogP contribution in [0.15, 0.2) is 73.3 Å². The van der Waals surface area contributed by atoms with Crippen LogP contribution < -0.4 is 24.8 Å². The smallest absolute Gasteiger partial charge is 1.00 e. The first kappa shape index (κ1) is 27.0. The molecule has 0 aliphatic rings. The van der Waals surface area contributed by atoms with Gasteiger partial charge >= 0.3 is 21.7 Å². The largest absolute Gasteiger partial charge is 4.00 e. The zero-order valence-electron chi connectivity index (χ0n) is 14.6. The summed E-state index contributed by atoms with van der Waals surface area (Å²) in [5, 5.41) is 0. The Morgan fingerprint density at radius 3 is 1.14 bits per heavy atom. The molecule has 0 spiro atoms. The van der Waals surface area contributed by atoms with E-state index in [4.69, 9.17) is 0 Å². The molecule has 2 aromatic carbocycles. The summed E-state index contributed by atoms with van der Waals surface area (Å²) in [5.74, 6) is -2.74. The molecule has 9 heteroatoms. The third kappa shape index (κ3) is 7.09. The Hall–Kier alpha value is -1.99. The van der Waals surface area contributed by atoms with E-state index in [2.05, 4.69) is 0 Å². The standard InChI is InChI=1S/2C10H6F2N.2ClH.Ti/c2*11-8-3-4-10(9(12)7-8)13-5-1-2-6-13;;;/h2*1-6H;2*1H;/q2*-1;;;+4/p-2. The molecule has 2 aromatic heterocycles. The molecule has 148 valence electrons. The Labute approximate surface area is 192 Å². The molecule has 4 rings (SSSR count). The quantitative estimate of drug-likeness (QED) is 0.203. The van der Waals surface area contributed by atoms with Crippen molar-refractivity contribution in [2.24, 2.45) is 0 Å². The van der Waals surface area contributed by atoms with E-state index in [1.165, 1.54) is 24.3 Å². The van der Waals surface area contributed by atoms with Gasteiger partial charge in [-0.25, -0.2) is 17.6 Å². The van der Waals surface area contributed by atoms with E-state index in [9.17, 15) is 17.6 Å². The van der Waals surface area contributed by atoms with Crippen LogP contribution in [-0.4, -0.2) is 9.13 Å². The number of rotatable bonds is 2. The number of aromatic nitrogens is 2. The topological polar surface area (TPSA) is 9.86 Å². The Morgan fingerprint density at radius 1 is 0.552 bits per heavy atom. The predicted molar refractivity (Wildman–Crippen MR) is 89.0 cm³/mol. The molecule has 0 unspecified atom stereocenters. The van der Waals surface area contributed by atoms with E-state index in [0.717, 1.165) is 0 Å². The van der Waals surface area contributed by atoms with Gasteiger partial charge in [-0.3, -0.25) is 0 Å². The molecule has 0 aliphatic heterocycles. The summed E-state index contributed by atoms with van der Waals surface area (Å²) in [4.78, 5) is 0. The van der Waals surface area contributed by atoms with Gasteiger partial charge in [-0.15, -0.1) is 36.4 Å². The maximum atomic E-state index is 13.1. The molecular formula is C20H12Cl2F4N2Ti. The van der Waals surface area contributed by atoms with Gasteiger partial charge in [-0.1, -0.05) is 0 Å². The van der Waals surface area contributed by atoms with E-state index < -0.39 is 23.3 Å². The number of hydrogen-bond donors (Lipinski definition) is 0. The normalized spacial score (nSPS) is 9.24. The van der Waals surface area contributed by atoms with E-state index in [-0.39, 0.29) is 46.5 Å². The molecule has 0 N–H and O–H groups in total. The minimum absolute atomic E-state index is 0. The first-order valence-electron chi connectivity index (χ1n) is 7.56. The molecule has 0 saturated heterocycles. The molecule has 29 heavy (non-hydrogen) atoms. The SMILES string of the molecule is Fc1[c-]c(F)c(-n2cccc2)cc1.Fc1[c-]c(F)c(-n2cccc2)cc1.[Cl-].[Cl-].[Ti+4]. The van der Waals surface area contributed by atoms with Gasteiger partial charge in [-0.05, 0) is 60.4 Å². The minimum atomic E-state index is -0.687. The second kappa shape index (κ2) is 12.5. The third-order valence-electron chi connectivity index (χ3n) is 3.45. The third-order valence-corrected chi connectivity index (χ3v) is 3.45. The van der Waals surface area contributed by atoms with Crippen molar-refractivity contribution in [3.8, 4) is 11.4 Å². The van der Waals surface area contributed by atoms with Crippen LogP contribution in [0.2, 0.25) is 0 Å². The zero-order chi connectivity index (χ0) is 18.5. The first-order valence-corrected chi connectivity index (χ1v) is 7.56. The van der Waals surface area contributed by atoms with Crippen LogP contribution in [0, 0.1) is 35.4 Å². The Kier molecular flexibility index (Phi) is 11.7. The first-order chi connectivity index (χ1) is 12.5. The van der Waals surface area contributed by atoms with Crippen molar-refractivity contribution in [1.82, 2.24) is 9.13 Å². The van der Waals surface area contributed by atoms with Crippen LogP contribution in [0.3, 0.4) is 0 Å². The Balaban J connectivity index is 0.000000490. The molecule has 4 aromatic rings. The molecular weight excluding hydrogens is 463 g/mol. The van der Waals surface area contributed by atoms with E-state index >= 15 is 0 Å². The van der Waals surface area contributed by atoms with Crippen LogP contribution >= 0.6 is 0 Å². The van der Waals surface area contributed by atoms with Crippen molar-refractivity contribution in [3.63, 3.8) is 0 Å². The molecule has 0 fully saturated rings. The average Bonchev–Trinajstić information content (AvgIpc) is 3.29. The summed E-state index contributed by atoms with van der Waals surface area (Å²) in [7, 11) is 0. The molecule has 2 nitrogen and oxygen atoms in total. The molecule has 0 amide bonds. The average molecular weight is 475 g/mol. The van der Waals surface area contributed by atoms with Crippen LogP contribution in [0.4, 0.5) is 17.6 Å². The predicted octanol–water partition coefficient (Wildman–Crippen LogP) is -0.883.